The molecule has 2 fully saturated rings. The average molecular weight is 429 g/mol. The zero-order valence-electron chi connectivity index (χ0n) is 16.7. The number of rotatable bonds is 4. The highest BCUT2D eigenvalue weighted by atomic mass is 32.2. The van der Waals surface area contributed by atoms with Gasteiger partial charge in [-0.1, -0.05) is 6.07 Å². The van der Waals surface area contributed by atoms with Crippen molar-refractivity contribution < 1.29 is 17.6 Å². The van der Waals surface area contributed by atoms with E-state index in [1.165, 1.54) is 29.8 Å². The number of hydrogen-bond donors (Lipinski definition) is 1. The Balaban J connectivity index is 1.32. The predicted molar refractivity (Wildman–Crippen MR) is 111 cm³/mol. The Morgan fingerprint density at radius 1 is 0.967 bits per heavy atom. The third kappa shape index (κ3) is 3.44. The van der Waals surface area contributed by atoms with E-state index < -0.39 is 10.0 Å². The smallest absolute Gasteiger partial charge is 0.251 e. The van der Waals surface area contributed by atoms with Crippen LogP contribution in [0.4, 0.5) is 4.39 Å². The first-order chi connectivity index (χ1) is 14.4. The number of halogens is 1. The zero-order chi connectivity index (χ0) is 20.9. The number of fused-ring (bicyclic) bond motifs is 3. The summed E-state index contributed by atoms with van der Waals surface area (Å²) < 4.78 is 41.7. The molecular formula is C23H25FN2O3S. The fourth-order valence-electron chi connectivity index (χ4n) is 5.34. The molecule has 2 unspecified atom stereocenters. The van der Waals surface area contributed by atoms with Crippen molar-refractivity contribution in [2.45, 2.75) is 68.0 Å². The van der Waals surface area contributed by atoms with E-state index in [9.17, 15) is 17.6 Å². The van der Waals surface area contributed by atoms with Gasteiger partial charge in [-0.3, -0.25) is 4.79 Å². The Hall–Kier alpha value is -2.25. The van der Waals surface area contributed by atoms with Crippen LogP contribution in [0.15, 0.2) is 47.4 Å². The van der Waals surface area contributed by atoms with E-state index in [0.717, 1.165) is 37.7 Å². The zero-order valence-corrected chi connectivity index (χ0v) is 17.5. The second kappa shape index (κ2) is 7.46. The van der Waals surface area contributed by atoms with Crippen molar-refractivity contribution in [2.24, 2.45) is 0 Å². The molecule has 2 aromatic carbocycles. The minimum atomic E-state index is -3.55. The fourth-order valence-corrected chi connectivity index (χ4v) is 7.29. The van der Waals surface area contributed by atoms with E-state index in [1.54, 1.807) is 10.4 Å². The Labute approximate surface area is 176 Å². The second-order valence-corrected chi connectivity index (χ2v) is 10.5. The molecule has 5 nitrogen and oxygen atoms in total. The predicted octanol–water partition coefficient (Wildman–Crippen LogP) is 3.43. The van der Waals surface area contributed by atoms with Gasteiger partial charge < -0.3 is 5.32 Å². The maximum absolute atomic E-state index is 13.4. The van der Waals surface area contributed by atoms with Gasteiger partial charge in [-0.15, -0.1) is 0 Å². The highest BCUT2D eigenvalue weighted by Gasteiger charge is 2.47. The number of benzene rings is 2. The SMILES string of the molecule is O=C(NC1CC2CCC(C1)N2S(=O)(=O)c1ccc2c(c1)CCC2)c1ccc(F)cc1. The van der Waals surface area contributed by atoms with Crippen LogP contribution in [-0.4, -0.2) is 36.8 Å². The van der Waals surface area contributed by atoms with Crippen LogP contribution in [0.3, 0.4) is 0 Å². The Bertz CT molecular complexity index is 1070. The summed E-state index contributed by atoms with van der Waals surface area (Å²) in [6, 6.07) is 10.8. The standard InChI is InChI=1S/C23H25FN2O3S/c24-18-7-4-16(5-8-18)23(27)25-19-13-20-9-10-21(14-19)26(20)30(28,29)22-11-6-15-2-1-3-17(15)12-22/h4-8,11-12,19-21H,1-3,9-10,13-14H2,(H,25,27). The molecule has 5 rings (SSSR count). The lowest BCUT2D eigenvalue weighted by Crippen LogP contribution is -2.52. The molecule has 1 amide bonds. The molecule has 0 saturated carbocycles. The van der Waals surface area contributed by atoms with Crippen molar-refractivity contribution in [3.8, 4) is 0 Å². The molecule has 2 aromatic rings. The topological polar surface area (TPSA) is 66.5 Å². The number of carbonyl (C=O) groups excluding carboxylic acids is 1. The largest absolute Gasteiger partial charge is 0.349 e. The summed E-state index contributed by atoms with van der Waals surface area (Å²) in [7, 11) is -3.55. The van der Waals surface area contributed by atoms with Crippen LogP contribution in [0.25, 0.3) is 0 Å². The van der Waals surface area contributed by atoms with E-state index in [-0.39, 0.29) is 29.8 Å². The quantitative estimate of drug-likeness (QED) is 0.811. The molecule has 0 radical (unpaired) electrons. The number of nitrogens with one attached hydrogen (secondary N) is 1. The molecule has 0 aromatic heterocycles. The minimum absolute atomic E-state index is 0.0773. The van der Waals surface area contributed by atoms with Crippen LogP contribution in [0, 0.1) is 5.82 Å². The molecule has 3 aliphatic rings. The van der Waals surface area contributed by atoms with Crippen molar-refractivity contribution >= 4 is 15.9 Å². The lowest BCUT2D eigenvalue weighted by molar-refractivity contribution is 0.0909. The normalized spacial score (nSPS) is 25.8. The fraction of sp³-hybridized carbons (Fsp3) is 0.435. The van der Waals surface area contributed by atoms with Gasteiger partial charge in [-0.2, -0.15) is 4.31 Å². The molecule has 2 bridgehead atoms. The molecule has 1 aliphatic carbocycles. The average Bonchev–Trinajstić information content (AvgIpc) is 3.30. The Morgan fingerprint density at radius 2 is 1.63 bits per heavy atom. The number of aryl methyl sites for hydroxylation is 2. The third-order valence-corrected chi connectivity index (χ3v) is 8.75. The summed E-state index contributed by atoms with van der Waals surface area (Å²) in [5.41, 5.74) is 2.83. The number of hydrogen-bond acceptors (Lipinski definition) is 3. The van der Waals surface area contributed by atoms with Gasteiger partial charge in [0, 0.05) is 23.7 Å². The van der Waals surface area contributed by atoms with Crippen molar-refractivity contribution in [1.29, 1.82) is 0 Å². The van der Waals surface area contributed by atoms with Gasteiger partial charge in [0.15, 0.2) is 0 Å². The lowest BCUT2D eigenvalue weighted by atomic mass is 9.99. The maximum atomic E-state index is 13.4. The first kappa shape index (κ1) is 19.7. The number of amides is 1. The summed E-state index contributed by atoms with van der Waals surface area (Å²) in [5, 5.41) is 3.02. The number of carbonyl (C=O) groups is 1. The van der Waals surface area contributed by atoms with Crippen molar-refractivity contribution in [1.82, 2.24) is 9.62 Å². The number of piperidine rings is 1. The van der Waals surface area contributed by atoms with E-state index in [0.29, 0.717) is 23.3 Å². The molecule has 2 saturated heterocycles. The highest BCUT2D eigenvalue weighted by molar-refractivity contribution is 7.89. The summed E-state index contributed by atoms with van der Waals surface area (Å²) in [6.07, 6.45) is 5.91. The number of nitrogens with zero attached hydrogens (tertiary/aromatic N) is 1. The van der Waals surface area contributed by atoms with Crippen molar-refractivity contribution in [2.75, 3.05) is 0 Å². The highest BCUT2D eigenvalue weighted by Crippen LogP contribution is 2.40. The van der Waals surface area contributed by atoms with Crippen LogP contribution in [0.5, 0.6) is 0 Å². The van der Waals surface area contributed by atoms with Crippen LogP contribution < -0.4 is 5.32 Å². The summed E-state index contributed by atoms with van der Waals surface area (Å²) >= 11 is 0. The Kier molecular flexibility index (Phi) is 4.90. The van der Waals surface area contributed by atoms with Crippen LogP contribution in [0.1, 0.15) is 53.6 Å². The van der Waals surface area contributed by atoms with Gasteiger partial charge in [0.2, 0.25) is 10.0 Å². The summed E-state index contributed by atoms with van der Waals surface area (Å²) in [6.45, 7) is 0. The molecular weight excluding hydrogens is 403 g/mol. The van der Waals surface area contributed by atoms with Gasteiger partial charge in [-0.25, -0.2) is 12.8 Å². The first-order valence-corrected chi connectivity index (χ1v) is 12.1. The molecule has 2 heterocycles. The van der Waals surface area contributed by atoms with Gasteiger partial charge in [0.05, 0.1) is 4.90 Å². The molecule has 1 N–H and O–H groups in total. The van der Waals surface area contributed by atoms with E-state index in [4.69, 9.17) is 0 Å². The van der Waals surface area contributed by atoms with Gasteiger partial charge in [-0.05, 0) is 92.5 Å². The number of sulfonamides is 1. The van der Waals surface area contributed by atoms with Gasteiger partial charge in [0.25, 0.3) is 5.91 Å². The lowest BCUT2D eigenvalue weighted by Gasteiger charge is -2.38. The minimum Gasteiger partial charge on any atom is -0.349 e. The molecule has 2 aliphatic heterocycles. The third-order valence-electron chi connectivity index (χ3n) is 6.75. The van der Waals surface area contributed by atoms with Crippen LogP contribution in [-0.2, 0) is 22.9 Å². The molecule has 7 heteroatoms. The van der Waals surface area contributed by atoms with Gasteiger partial charge >= 0.3 is 0 Å². The Morgan fingerprint density at radius 3 is 2.33 bits per heavy atom. The van der Waals surface area contributed by atoms with E-state index in [1.807, 2.05) is 12.1 Å². The van der Waals surface area contributed by atoms with Crippen molar-refractivity contribution in [3.63, 3.8) is 0 Å². The first-order valence-electron chi connectivity index (χ1n) is 10.6. The molecule has 0 spiro atoms. The van der Waals surface area contributed by atoms with E-state index >= 15 is 0 Å². The van der Waals surface area contributed by atoms with E-state index in [2.05, 4.69) is 5.32 Å². The molecule has 158 valence electrons. The van der Waals surface area contributed by atoms with Crippen molar-refractivity contribution in [3.05, 3.63) is 65.0 Å². The second-order valence-electron chi connectivity index (χ2n) is 8.65. The molecule has 2 atom stereocenters. The summed E-state index contributed by atoms with van der Waals surface area (Å²) in [4.78, 5) is 12.9. The molecule has 30 heavy (non-hydrogen) atoms. The van der Waals surface area contributed by atoms with Crippen LogP contribution >= 0.6 is 0 Å². The van der Waals surface area contributed by atoms with Gasteiger partial charge in [0.1, 0.15) is 5.82 Å². The monoisotopic (exact) mass is 428 g/mol. The summed E-state index contributed by atoms with van der Waals surface area (Å²) in [5.74, 6) is -0.621. The maximum Gasteiger partial charge on any atom is 0.251 e. The van der Waals surface area contributed by atoms with Crippen LogP contribution in [0.2, 0.25) is 0 Å².